The largest absolute Gasteiger partial charge is 0.325 e. The van der Waals surface area contributed by atoms with Crippen molar-refractivity contribution in [2.45, 2.75) is 23.8 Å². The second-order valence-electron chi connectivity index (χ2n) is 4.75. The highest BCUT2D eigenvalue weighted by atomic mass is 32.2. The van der Waals surface area contributed by atoms with Gasteiger partial charge < -0.3 is 5.32 Å². The van der Waals surface area contributed by atoms with Gasteiger partial charge in [-0.15, -0.1) is 11.8 Å². The Labute approximate surface area is 123 Å². The molecule has 1 fully saturated rings. The Balaban J connectivity index is 2.07. The van der Waals surface area contributed by atoms with Crippen LogP contribution in [0.3, 0.4) is 0 Å². The minimum Gasteiger partial charge on any atom is -0.325 e. The van der Waals surface area contributed by atoms with E-state index in [1.54, 1.807) is 11.8 Å². The Morgan fingerprint density at radius 1 is 1.35 bits per heavy atom. The lowest BCUT2D eigenvalue weighted by molar-refractivity contribution is -0.119. The minimum atomic E-state index is -3.33. The molecule has 0 aliphatic carbocycles. The molecule has 20 heavy (non-hydrogen) atoms. The summed E-state index contributed by atoms with van der Waals surface area (Å²) < 4.78 is 24.5. The van der Waals surface area contributed by atoms with Gasteiger partial charge in [-0.1, -0.05) is 0 Å². The predicted octanol–water partition coefficient (Wildman–Crippen LogP) is 1.77. The van der Waals surface area contributed by atoms with E-state index in [-0.39, 0.29) is 5.91 Å². The Morgan fingerprint density at radius 3 is 2.55 bits per heavy atom. The summed E-state index contributed by atoms with van der Waals surface area (Å²) in [7, 11) is -3.33. The van der Waals surface area contributed by atoms with E-state index in [0.717, 1.165) is 17.6 Å². The number of nitrogens with one attached hydrogen (secondary N) is 1. The van der Waals surface area contributed by atoms with E-state index in [4.69, 9.17) is 0 Å². The first-order chi connectivity index (χ1) is 9.41. The molecule has 1 aliphatic rings. The van der Waals surface area contributed by atoms with E-state index >= 15 is 0 Å². The van der Waals surface area contributed by atoms with E-state index in [1.165, 1.54) is 4.31 Å². The lowest BCUT2D eigenvalue weighted by atomic mass is 10.2. The van der Waals surface area contributed by atoms with Crippen molar-refractivity contribution < 1.29 is 13.2 Å². The molecule has 1 N–H and O–H groups in total. The SMILES string of the molecule is CSc1ccc(NC(=O)[C@@H]2CCCN2S(C)(=O)=O)cc1. The number of anilines is 1. The highest BCUT2D eigenvalue weighted by molar-refractivity contribution is 7.98. The van der Waals surface area contributed by atoms with Gasteiger partial charge in [-0.05, 0) is 43.4 Å². The number of amides is 1. The van der Waals surface area contributed by atoms with Gasteiger partial charge in [0, 0.05) is 17.1 Å². The first kappa shape index (κ1) is 15.3. The first-order valence-electron chi connectivity index (χ1n) is 6.33. The monoisotopic (exact) mass is 314 g/mol. The summed E-state index contributed by atoms with van der Waals surface area (Å²) in [6.07, 6.45) is 4.42. The lowest BCUT2D eigenvalue weighted by Gasteiger charge is -2.21. The molecule has 1 aliphatic heterocycles. The fourth-order valence-electron chi connectivity index (χ4n) is 2.30. The van der Waals surface area contributed by atoms with Gasteiger partial charge in [0.05, 0.1) is 6.26 Å². The van der Waals surface area contributed by atoms with E-state index in [1.807, 2.05) is 30.5 Å². The smallest absolute Gasteiger partial charge is 0.242 e. The number of hydrogen-bond donors (Lipinski definition) is 1. The van der Waals surface area contributed by atoms with Crippen molar-refractivity contribution in [2.75, 3.05) is 24.4 Å². The number of hydrogen-bond acceptors (Lipinski definition) is 4. The topological polar surface area (TPSA) is 66.5 Å². The number of thioether (sulfide) groups is 1. The molecule has 7 heteroatoms. The molecule has 1 saturated heterocycles. The molecule has 5 nitrogen and oxygen atoms in total. The molecule has 0 spiro atoms. The van der Waals surface area contributed by atoms with Crippen LogP contribution in [0.1, 0.15) is 12.8 Å². The zero-order chi connectivity index (χ0) is 14.8. The molecule has 0 radical (unpaired) electrons. The second kappa shape index (κ2) is 6.15. The van der Waals surface area contributed by atoms with Crippen LogP contribution in [0.4, 0.5) is 5.69 Å². The lowest BCUT2D eigenvalue weighted by Crippen LogP contribution is -2.42. The quantitative estimate of drug-likeness (QED) is 0.860. The van der Waals surface area contributed by atoms with Crippen molar-refractivity contribution in [3.63, 3.8) is 0 Å². The number of carbonyl (C=O) groups is 1. The van der Waals surface area contributed by atoms with Crippen LogP contribution in [-0.2, 0) is 14.8 Å². The van der Waals surface area contributed by atoms with E-state index < -0.39 is 16.1 Å². The summed E-state index contributed by atoms with van der Waals surface area (Å²) in [5.74, 6) is -0.259. The van der Waals surface area contributed by atoms with Crippen LogP contribution in [0.5, 0.6) is 0 Å². The Morgan fingerprint density at radius 2 is 2.00 bits per heavy atom. The van der Waals surface area contributed by atoms with Gasteiger partial charge in [-0.3, -0.25) is 4.79 Å². The normalized spacial score (nSPS) is 20.0. The molecule has 110 valence electrons. The standard InChI is InChI=1S/C13H18N2O3S2/c1-19-11-7-5-10(6-8-11)14-13(16)12-4-3-9-15(12)20(2,17)18/h5-8,12H,3-4,9H2,1-2H3,(H,14,16)/t12-/m0/s1. The molecule has 1 atom stereocenters. The van der Waals surface area contributed by atoms with Crippen LogP contribution in [0.25, 0.3) is 0 Å². The van der Waals surface area contributed by atoms with Gasteiger partial charge in [0.15, 0.2) is 0 Å². The summed E-state index contributed by atoms with van der Waals surface area (Å²) >= 11 is 1.63. The Kier molecular flexibility index (Phi) is 4.72. The van der Waals surface area contributed by atoms with Crippen molar-refractivity contribution in [2.24, 2.45) is 0 Å². The van der Waals surface area contributed by atoms with Crippen molar-refractivity contribution in [1.82, 2.24) is 4.31 Å². The molecule has 1 amide bonds. The Bertz CT molecular complexity index is 584. The molecule has 1 heterocycles. The minimum absolute atomic E-state index is 0.259. The zero-order valence-electron chi connectivity index (χ0n) is 11.5. The average Bonchev–Trinajstić information content (AvgIpc) is 2.89. The fourth-order valence-corrected chi connectivity index (χ4v) is 3.83. The average molecular weight is 314 g/mol. The third kappa shape index (κ3) is 3.53. The highest BCUT2D eigenvalue weighted by Crippen LogP contribution is 2.23. The van der Waals surface area contributed by atoms with Crippen LogP contribution in [0.2, 0.25) is 0 Å². The number of nitrogens with zero attached hydrogens (tertiary/aromatic N) is 1. The van der Waals surface area contributed by atoms with Crippen molar-refractivity contribution >= 4 is 33.4 Å². The molecular weight excluding hydrogens is 296 g/mol. The van der Waals surface area contributed by atoms with Crippen LogP contribution >= 0.6 is 11.8 Å². The van der Waals surface area contributed by atoms with Crippen LogP contribution in [-0.4, -0.2) is 43.7 Å². The van der Waals surface area contributed by atoms with Crippen molar-refractivity contribution in [3.8, 4) is 0 Å². The molecule has 0 unspecified atom stereocenters. The van der Waals surface area contributed by atoms with Crippen LogP contribution < -0.4 is 5.32 Å². The van der Waals surface area contributed by atoms with E-state index in [9.17, 15) is 13.2 Å². The molecule has 0 aromatic heterocycles. The van der Waals surface area contributed by atoms with Crippen LogP contribution in [0.15, 0.2) is 29.2 Å². The molecule has 0 saturated carbocycles. The maximum absolute atomic E-state index is 12.2. The maximum Gasteiger partial charge on any atom is 0.242 e. The summed E-state index contributed by atoms with van der Waals surface area (Å²) in [5, 5.41) is 2.78. The van der Waals surface area contributed by atoms with Gasteiger partial charge in [-0.2, -0.15) is 4.31 Å². The van der Waals surface area contributed by atoms with Crippen LogP contribution in [0, 0.1) is 0 Å². The second-order valence-corrected chi connectivity index (χ2v) is 7.56. The van der Waals surface area contributed by atoms with Gasteiger partial charge in [0.1, 0.15) is 6.04 Å². The number of carbonyl (C=O) groups excluding carboxylic acids is 1. The van der Waals surface area contributed by atoms with Crippen molar-refractivity contribution in [1.29, 1.82) is 0 Å². The first-order valence-corrected chi connectivity index (χ1v) is 9.41. The summed E-state index contributed by atoms with van der Waals surface area (Å²) in [6.45, 7) is 0.419. The third-order valence-corrected chi connectivity index (χ3v) is 5.32. The predicted molar refractivity (Wildman–Crippen MR) is 81.4 cm³/mol. The molecule has 1 aromatic rings. The molecule has 0 bridgehead atoms. The molecule has 2 rings (SSSR count). The summed E-state index contributed by atoms with van der Waals surface area (Å²) in [5.41, 5.74) is 0.688. The van der Waals surface area contributed by atoms with Gasteiger partial charge >= 0.3 is 0 Å². The molecular formula is C13H18N2O3S2. The Hall–Kier alpha value is -1.05. The number of rotatable bonds is 4. The fraction of sp³-hybridized carbons (Fsp3) is 0.462. The van der Waals surface area contributed by atoms with Gasteiger partial charge in [0.25, 0.3) is 0 Å². The number of benzene rings is 1. The third-order valence-electron chi connectivity index (χ3n) is 3.29. The maximum atomic E-state index is 12.2. The summed E-state index contributed by atoms with van der Waals surface area (Å²) in [4.78, 5) is 13.3. The highest BCUT2D eigenvalue weighted by Gasteiger charge is 2.36. The zero-order valence-corrected chi connectivity index (χ0v) is 13.1. The summed E-state index contributed by atoms with van der Waals surface area (Å²) in [6, 6.07) is 6.89. The van der Waals surface area contributed by atoms with E-state index in [2.05, 4.69) is 5.32 Å². The molecule has 1 aromatic carbocycles. The van der Waals surface area contributed by atoms with Gasteiger partial charge in [-0.25, -0.2) is 8.42 Å². The van der Waals surface area contributed by atoms with Gasteiger partial charge in [0.2, 0.25) is 15.9 Å². The van der Waals surface area contributed by atoms with Crippen molar-refractivity contribution in [3.05, 3.63) is 24.3 Å². The van der Waals surface area contributed by atoms with E-state index in [0.29, 0.717) is 18.7 Å². The number of sulfonamides is 1.